The maximum atomic E-state index is 12.0. The van der Waals surface area contributed by atoms with Gasteiger partial charge in [-0.1, -0.05) is 79.2 Å². The van der Waals surface area contributed by atoms with Crippen LogP contribution < -0.4 is 10.8 Å². The third kappa shape index (κ3) is 7.60. The summed E-state index contributed by atoms with van der Waals surface area (Å²) >= 11 is 0. The Kier molecular flexibility index (Phi) is 9.24. The van der Waals surface area contributed by atoms with Crippen molar-refractivity contribution >= 4 is 17.4 Å². The second-order valence-corrected chi connectivity index (χ2v) is 6.31. The molecule has 2 aromatic rings. The van der Waals surface area contributed by atoms with Gasteiger partial charge in [0, 0.05) is 19.0 Å². The SMILES string of the molecule is O=C(/C=C/C=C(c1ccccc1)c1ccccc1)NCCCCCC(=O)NO. The van der Waals surface area contributed by atoms with Gasteiger partial charge in [0.2, 0.25) is 11.8 Å². The van der Waals surface area contributed by atoms with Crippen molar-refractivity contribution in [3.8, 4) is 0 Å². The van der Waals surface area contributed by atoms with E-state index in [2.05, 4.69) is 5.32 Å². The summed E-state index contributed by atoms with van der Waals surface area (Å²) < 4.78 is 0. The van der Waals surface area contributed by atoms with Gasteiger partial charge in [-0.05, 0) is 29.5 Å². The molecule has 0 fully saturated rings. The molecule has 0 spiro atoms. The normalized spacial score (nSPS) is 10.5. The molecule has 3 N–H and O–H groups in total. The molecule has 0 unspecified atom stereocenters. The van der Waals surface area contributed by atoms with Crippen LogP contribution in [0.4, 0.5) is 0 Å². The first-order valence-corrected chi connectivity index (χ1v) is 9.40. The molecule has 0 aliphatic carbocycles. The zero-order chi connectivity index (χ0) is 20.0. The van der Waals surface area contributed by atoms with Gasteiger partial charge in [0.25, 0.3) is 0 Å². The van der Waals surface area contributed by atoms with Crippen LogP contribution >= 0.6 is 0 Å². The predicted octanol–water partition coefficient (Wildman–Crippen LogP) is 3.86. The number of rotatable bonds is 10. The van der Waals surface area contributed by atoms with Gasteiger partial charge in [0.1, 0.15) is 0 Å². The molecule has 0 aliphatic rings. The first-order valence-electron chi connectivity index (χ1n) is 9.40. The Morgan fingerprint density at radius 1 is 0.857 bits per heavy atom. The van der Waals surface area contributed by atoms with Gasteiger partial charge in [0.15, 0.2) is 0 Å². The number of amides is 2. The largest absolute Gasteiger partial charge is 0.353 e. The number of benzene rings is 2. The summed E-state index contributed by atoms with van der Waals surface area (Å²) in [6, 6.07) is 20.1. The van der Waals surface area contributed by atoms with Crippen LogP contribution in [0.3, 0.4) is 0 Å². The zero-order valence-electron chi connectivity index (χ0n) is 15.8. The van der Waals surface area contributed by atoms with Gasteiger partial charge in [-0.3, -0.25) is 14.8 Å². The molecule has 5 nitrogen and oxygen atoms in total. The van der Waals surface area contributed by atoms with E-state index < -0.39 is 0 Å². The number of carbonyl (C=O) groups excluding carboxylic acids is 2. The standard InChI is InChI=1S/C23H26N2O3/c26-22(24-18-9-3-8-16-23(27)25-28)17-10-15-21(19-11-4-1-5-12-19)20-13-6-2-7-14-20/h1-2,4-7,10-15,17,28H,3,8-9,16,18H2,(H,24,26)(H,25,27)/b17-10+. The van der Waals surface area contributed by atoms with E-state index in [0.29, 0.717) is 13.0 Å². The van der Waals surface area contributed by atoms with Crippen LogP contribution in [0, 0.1) is 0 Å². The Hall–Kier alpha value is -3.18. The molecule has 0 radical (unpaired) electrons. The van der Waals surface area contributed by atoms with E-state index in [1.54, 1.807) is 11.6 Å². The van der Waals surface area contributed by atoms with E-state index in [4.69, 9.17) is 5.21 Å². The van der Waals surface area contributed by atoms with Gasteiger partial charge in [0.05, 0.1) is 0 Å². The molecule has 0 aromatic heterocycles. The van der Waals surface area contributed by atoms with Crippen molar-refractivity contribution in [2.24, 2.45) is 0 Å². The van der Waals surface area contributed by atoms with Crippen molar-refractivity contribution in [1.82, 2.24) is 10.8 Å². The van der Waals surface area contributed by atoms with Gasteiger partial charge < -0.3 is 5.32 Å². The molecule has 0 saturated carbocycles. The number of carbonyl (C=O) groups is 2. The monoisotopic (exact) mass is 378 g/mol. The van der Waals surface area contributed by atoms with Crippen LogP contribution in [0.25, 0.3) is 5.57 Å². The molecule has 2 amide bonds. The average molecular weight is 378 g/mol. The van der Waals surface area contributed by atoms with Crippen molar-refractivity contribution in [2.45, 2.75) is 25.7 Å². The van der Waals surface area contributed by atoms with Gasteiger partial charge in [-0.2, -0.15) is 0 Å². The second-order valence-electron chi connectivity index (χ2n) is 6.31. The highest BCUT2D eigenvalue weighted by molar-refractivity contribution is 5.89. The van der Waals surface area contributed by atoms with E-state index >= 15 is 0 Å². The smallest absolute Gasteiger partial charge is 0.243 e. The lowest BCUT2D eigenvalue weighted by molar-refractivity contribution is -0.129. The van der Waals surface area contributed by atoms with E-state index in [-0.39, 0.29) is 18.2 Å². The predicted molar refractivity (Wildman–Crippen MR) is 111 cm³/mol. The second kappa shape index (κ2) is 12.3. The Bertz CT molecular complexity index is 758. The van der Waals surface area contributed by atoms with Crippen LogP contribution in [0.1, 0.15) is 36.8 Å². The van der Waals surface area contributed by atoms with Crippen molar-refractivity contribution in [3.63, 3.8) is 0 Å². The summed E-state index contributed by atoms with van der Waals surface area (Å²) in [5.74, 6) is -0.531. The Labute approximate surface area is 165 Å². The van der Waals surface area contributed by atoms with E-state index in [1.165, 1.54) is 6.08 Å². The Balaban J connectivity index is 1.87. The number of unbranched alkanes of at least 4 members (excludes halogenated alkanes) is 2. The fourth-order valence-corrected chi connectivity index (χ4v) is 2.74. The highest BCUT2D eigenvalue weighted by atomic mass is 16.5. The molecular formula is C23H26N2O3. The number of hydroxylamine groups is 1. The van der Waals surface area contributed by atoms with Crippen molar-refractivity contribution < 1.29 is 14.8 Å². The number of hydrogen-bond donors (Lipinski definition) is 3. The average Bonchev–Trinajstić information content (AvgIpc) is 2.74. The molecule has 2 aromatic carbocycles. The zero-order valence-corrected chi connectivity index (χ0v) is 15.8. The third-order valence-corrected chi connectivity index (χ3v) is 4.18. The topological polar surface area (TPSA) is 78.4 Å². The Morgan fingerprint density at radius 2 is 1.46 bits per heavy atom. The minimum atomic E-state index is -0.383. The van der Waals surface area contributed by atoms with Crippen molar-refractivity contribution in [1.29, 1.82) is 0 Å². The van der Waals surface area contributed by atoms with Crippen molar-refractivity contribution in [2.75, 3.05) is 6.54 Å². The molecular weight excluding hydrogens is 352 g/mol. The third-order valence-electron chi connectivity index (χ3n) is 4.18. The molecule has 2 rings (SSSR count). The number of nitrogens with one attached hydrogen (secondary N) is 2. The number of hydrogen-bond acceptors (Lipinski definition) is 3. The Morgan fingerprint density at radius 3 is 2.04 bits per heavy atom. The van der Waals surface area contributed by atoms with E-state index in [9.17, 15) is 9.59 Å². The van der Waals surface area contributed by atoms with Crippen molar-refractivity contribution in [3.05, 3.63) is 90.0 Å². The maximum Gasteiger partial charge on any atom is 0.243 e. The highest BCUT2D eigenvalue weighted by Gasteiger charge is 2.03. The lowest BCUT2D eigenvalue weighted by Crippen LogP contribution is -2.22. The lowest BCUT2D eigenvalue weighted by Gasteiger charge is -2.07. The lowest BCUT2D eigenvalue weighted by atomic mass is 9.97. The molecule has 0 aliphatic heterocycles. The summed E-state index contributed by atoms with van der Waals surface area (Å²) in [6.07, 6.45) is 7.78. The molecule has 0 bridgehead atoms. The van der Waals surface area contributed by atoms with Crippen LogP contribution in [0.15, 0.2) is 78.9 Å². The quantitative estimate of drug-likeness (QED) is 0.193. The molecule has 28 heavy (non-hydrogen) atoms. The van der Waals surface area contributed by atoms with Gasteiger partial charge in [-0.25, -0.2) is 5.48 Å². The first-order chi connectivity index (χ1) is 13.7. The summed E-state index contributed by atoms with van der Waals surface area (Å²) in [7, 11) is 0. The molecule has 146 valence electrons. The minimum absolute atomic E-state index is 0.148. The van der Waals surface area contributed by atoms with E-state index in [1.807, 2.05) is 66.7 Å². The number of allylic oxidation sites excluding steroid dienone is 2. The summed E-state index contributed by atoms with van der Waals surface area (Å²) in [4.78, 5) is 22.8. The van der Waals surface area contributed by atoms with Crippen LogP contribution in [-0.2, 0) is 9.59 Å². The van der Waals surface area contributed by atoms with Gasteiger partial charge >= 0.3 is 0 Å². The van der Waals surface area contributed by atoms with Crippen LogP contribution in [0.2, 0.25) is 0 Å². The molecule has 0 saturated heterocycles. The maximum absolute atomic E-state index is 12.0. The summed E-state index contributed by atoms with van der Waals surface area (Å²) in [5, 5.41) is 11.2. The summed E-state index contributed by atoms with van der Waals surface area (Å²) in [6.45, 7) is 0.553. The fraction of sp³-hybridized carbons (Fsp3) is 0.217. The van der Waals surface area contributed by atoms with Gasteiger partial charge in [-0.15, -0.1) is 0 Å². The van der Waals surface area contributed by atoms with E-state index in [0.717, 1.165) is 29.5 Å². The molecule has 0 heterocycles. The highest BCUT2D eigenvalue weighted by Crippen LogP contribution is 2.23. The van der Waals surface area contributed by atoms with Crippen LogP contribution in [0.5, 0.6) is 0 Å². The fourth-order valence-electron chi connectivity index (χ4n) is 2.74. The molecule has 0 atom stereocenters. The summed E-state index contributed by atoms with van der Waals surface area (Å²) in [5.41, 5.74) is 4.83. The van der Waals surface area contributed by atoms with Crippen LogP contribution in [-0.4, -0.2) is 23.6 Å². The first kappa shape index (κ1) is 21.1. The molecule has 5 heteroatoms. The minimum Gasteiger partial charge on any atom is -0.353 e.